The van der Waals surface area contributed by atoms with E-state index in [2.05, 4.69) is 19.8 Å². The summed E-state index contributed by atoms with van der Waals surface area (Å²) in [5.74, 6) is 0.918. The number of hydrogen-bond donors (Lipinski definition) is 1. The molecule has 0 unspecified atom stereocenters. The van der Waals surface area contributed by atoms with Gasteiger partial charge in [-0.2, -0.15) is 9.47 Å². The highest BCUT2D eigenvalue weighted by atomic mass is 32.1. The maximum absolute atomic E-state index is 12.4. The van der Waals surface area contributed by atoms with Crippen molar-refractivity contribution in [3.8, 4) is 5.69 Å². The average Bonchev–Trinajstić information content (AvgIpc) is 3.17. The Morgan fingerprint density at radius 1 is 1.33 bits per heavy atom. The van der Waals surface area contributed by atoms with Crippen molar-refractivity contribution >= 4 is 22.6 Å². The van der Waals surface area contributed by atoms with Gasteiger partial charge in [-0.1, -0.05) is 0 Å². The van der Waals surface area contributed by atoms with Crippen LogP contribution in [0.15, 0.2) is 35.5 Å². The normalized spacial score (nSPS) is 13.9. The van der Waals surface area contributed by atoms with Crippen LogP contribution in [0.2, 0.25) is 0 Å². The topological polar surface area (TPSA) is 94.7 Å². The van der Waals surface area contributed by atoms with E-state index in [0.717, 1.165) is 18.7 Å². The Bertz CT molecular complexity index is 968. The number of carbonyl (C=O) groups is 1. The molecule has 0 atom stereocenters. The van der Waals surface area contributed by atoms with Crippen molar-refractivity contribution in [1.82, 2.24) is 23.7 Å². The summed E-state index contributed by atoms with van der Waals surface area (Å²) in [6.45, 7) is 0. The molecule has 0 saturated heterocycles. The molecule has 0 aliphatic heterocycles. The second-order valence-electron chi connectivity index (χ2n) is 5.68. The van der Waals surface area contributed by atoms with E-state index in [1.165, 1.54) is 34.4 Å². The lowest BCUT2D eigenvalue weighted by atomic mass is 10.2. The van der Waals surface area contributed by atoms with Gasteiger partial charge in [-0.15, -0.1) is 0 Å². The minimum absolute atomic E-state index is 0.230. The molecule has 0 radical (unpaired) electrons. The van der Waals surface area contributed by atoms with E-state index in [9.17, 15) is 9.59 Å². The Balaban J connectivity index is 1.58. The van der Waals surface area contributed by atoms with Crippen LogP contribution in [0.1, 0.15) is 34.9 Å². The van der Waals surface area contributed by atoms with Gasteiger partial charge in [0.25, 0.3) is 11.5 Å². The fourth-order valence-corrected chi connectivity index (χ4v) is 2.96. The fourth-order valence-electron chi connectivity index (χ4n) is 2.32. The largest absolute Gasteiger partial charge is 0.297 e. The van der Waals surface area contributed by atoms with Crippen LogP contribution in [-0.4, -0.2) is 29.6 Å². The summed E-state index contributed by atoms with van der Waals surface area (Å²) in [5, 5.41) is 7.25. The maximum Gasteiger partial charge on any atom is 0.258 e. The highest BCUT2D eigenvalue weighted by Crippen LogP contribution is 2.39. The number of hydrogen-bond acceptors (Lipinski definition) is 6. The molecule has 0 bridgehead atoms. The molecule has 1 aliphatic rings. The Kier molecular flexibility index (Phi) is 3.49. The van der Waals surface area contributed by atoms with Crippen LogP contribution in [-0.2, 0) is 7.05 Å². The summed E-state index contributed by atoms with van der Waals surface area (Å²) in [4.78, 5) is 28.8. The molecule has 8 nitrogen and oxygen atoms in total. The average molecular weight is 342 g/mol. The molecular formula is C15H14N6O2S. The fraction of sp³-hybridized carbons (Fsp3) is 0.267. The molecule has 1 N–H and O–H groups in total. The third-order valence-electron chi connectivity index (χ3n) is 3.75. The van der Waals surface area contributed by atoms with Crippen molar-refractivity contribution in [2.24, 2.45) is 7.05 Å². The third kappa shape index (κ3) is 2.85. The summed E-state index contributed by atoms with van der Waals surface area (Å²) in [7, 11) is 1.76. The molecule has 1 amide bonds. The number of nitrogens with zero attached hydrogens (tertiary/aromatic N) is 5. The second kappa shape index (κ2) is 5.68. The van der Waals surface area contributed by atoms with Crippen molar-refractivity contribution in [2.75, 3.05) is 5.32 Å². The molecule has 1 saturated carbocycles. The van der Waals surface area contributed by atoms with E-state index < -0.39 is 0 Å². The first-order valence-electron chi connectivity index (χ1n) is 7.47. The Morgan fingerprint density at radius 3 is 2.88 bits per heavy atom. The van der Waals surface area contributed by atoms with Crippen LogP contribution in [0.3, 0.4) is 0 Å². The lowest BCUT2D eigenvalue weighted by molar-refractivity contribution is 0.102. The zero-order chi connectivity index (χ0) is 16.7. The third-order valence-corrected chi connectivity index (χ3v) is 4.39. The van der Waals surface area contributed by atoms with Gasteiger partial charge in [-0.3, -0.25) is 24.2 Å². The monoisotopic (exact) mass is 342 g/mol. The lowest BCUT2D eigenvalue weighted by Gasteiger charge is -2.05. The molecule has 1 aliphatic carbocycles. The standard InChI is InChI=1S/C15H14N6O2S/c1-20-8-11(6-16-20)21-7-10(4-5-12(21)22)14(23)18-15-17-13(19-24-15)9-2-3-9/h4-9H,2-3H2,1H3,(H,17,18,19,23). The van der Waals surface area contributed by atoms with Gasteiger partial charge in [0.15, 0.2) is 0 Å². The quantitative estimate of drug-likeness (QED) is 0.776. The van der Waals surface area contributed by atoms with E-state index in [1.54, 1.807) is 24.1 Å². The van der Waals surface area contributed by atoms with Gasteiger partial charge in [0.05, 0.1) is 17.4 Å². The number of nitrogens with one attached hydrogen (secondary N) is 1. The minimum atomic E-state index is -0.328. The van der Waals surface area contributed by atoms with Crippen LogP contribution in [0.5, 0.6) is 0 Å². The van der Waals surface area contributed by atoms with Gasteiger partial charge < -0.3 is 0 Å². The van der Waals surface area contributed by atoms with Crippen LogP contribution < -0.4 is 10.9 Å². The van der Waals surface area contributed by atoms with Gasteiger partial charge in [0.1, 0.15) is 5.82 Å². The Hall–Kier alpha value is -2.81. The van der Waals surface area contributed by atoms with E-state index in [0.29, 0.717) is 22.3 Å². The molecule has 24 heavy (non-hydrogen) atoms. The first-order chi connectivity index (χ1) is 11.6. The molecular weight excluding hydrogens is 328 g/mol. The van der Waals surface area contributed by atoms with Crippen molar-refractivity contribution in [3.63, 3.8) is 0 Å². The van der Waals surface area contributed by atoms with Crippen molar-refractivity contribution < 1.29 is 4.79 Å². The number of anilines is 1. The number of rotatable bonds is 4. The smallest absolute Gasteiger partial charge is 0.258 e. The van der Waals surface area contributed by atoms with Crippen molar-refractivity contribution in [2.45, 2.75) is 18.8 Å². The molecule has 4 rings (SSSR count). The van der Waals surface area contributed by atoms with Gasteiger partial charge in [0.2, 0.25) is 5.13 Å². The van der Waals surface area contributed by atoms with E-state index in [1.807, 2.05) is 0 Å². The Morgan fingerprint density at radius 2 is 2.17 bits per heavy atom. The van der Waals surface area contributed by atoms with Crippen LogP contribution in [0.4, 0.5) is 5.13 Å². The van der Waals surface area contributed by atoms with Crippen molar-refractivity contribution in [1.29, 1.82) is 0 Å². The summed E-state index contributed by atoms with van der Waals surface area (Å²) in [6, 6.07) is 2.85. The molecule has 0 spiro atoms. The van der Waals surface area contributed by atoms with Crippen LogP contribution >= 0.6 is 11.5 Å². The van der Waals surface area contributed by atoms with Gasteiger partial charge in [-0.05, 0) is 18.9 Å². The van der Waals surface area contributed by atoms with Crippen molar-refractivity contribution in [3.05, 3.63) is 52.5 Å². The molecule has 122 valence electrons. The predicted molar refractivity (Wildman–Crippen MR) is 88.6 cm³/mol. The number of pyridine rings is 1. The van der Waals surface area contributed by atoms with Gasteiger partial charge in [-0.25, -0.2) is 4.98 Å². The Labute approximate surface area is 140 Å². The zero-order valence-electron chi connectivity index (χ0n) is 12.8. The summed E-state index contributed by atoms with van der Waals surface area (Å²) in [5.41, 5.74) is 0.734. The summed E-state index contributed by atoms with van der Waals surface area (Å²) >= 11 is 1.17. The molecule has 1 fully saturated rings. The lowest BCUT2D eigenvalue weighted by Crippen LogP contribution is -2.20. The molecule has 3 aromatic heterocycles. The van der Waals surface area contributed by atoms with E-state index >= 15 is 0 Å². The van der Waals surface area contributed by atoms with Crippen LogP contribution in [0, 0.1) is 0 Å². The zero-order valence-corrected chi connectivity index (χ0v) is 13.7. The predicted octanol–water partition coefficient (Wildman–Crippen LogP) is 1.55. The number of aryl methyl sites for hydroxylation is 1. The van der Waals surface area contributed by atoms with Gasteiger partial charge >= 0.3 is 0 Å². The first kappa shape index (κ1) is 14.8. The van der Waals surface area contributed by atoms with E-state index in [-0.39, 0.29) is 11.5 Å². The number of carbonyl (C=O) groups excluding carboxylic acids is 1. The van der Waals surface area contributed by atoms with Crippen LogP contribution in [0.25, 0.3) is 5.69 Å². The van der Waals surface area contributed by atoms with Gasteiger partial charge in [0, 0.05) is 43.0 Å². The number of amides is 1. The molecule has 3 heterocycles. The maximum atomic E-state index is 12.4. The molecule has 0 aromatic carbocycles. The summed E-state index contributed by atoms with van der Waals surface area (Å²) < 4.78 is 7.24. The highest BCUT2D eigenvalue weighted by molar-refractivity contribution is 7.09. The minimum Gasteiger partial charge on any atom is -0.297 e. The molecule has 3 aromatic rings. The molecule has 9 heteroatoms. The van der Waals surface area contributed by atoms with E-state index in [4.69, 9.17) is 0 Å². The highest BCUT2D eigenvalue weighted by Gasteiger charge is 2.28. The SMILES string of the molecule is Cn1cc(-n2cc(C(=O)Nc3nc(C4CC4)ns3)ccc2=O)cn1. The summed E-state index contributed by atoms with van der Waals surface area (Å²) in [6.07, 6.45) is 6.99. The second-order valence-corrected chi connectivity index (χ2v) is 6.44. The first-order valence-corrected chi connectivity index (χ1v) is 8.24. The number of aromatic nitrogens is 5.